The summed E-state index contributed by atoms with van der Waals surface area (Å²) in [7, 11) is 4.77. The number of hydrogen-bond acceptors (Lipinski definition) is 5. The van der Waals surface area contributed by atoms with Crippen LogP contribution in [0.3, 0.4) is 0 Å². The molecule has 1 aromatic carbocycles. The second-order valence-electron chi connectivity index (χ2n) is 4.37. The van der Waals surface area contributed by atoms with Crippen LogP contribution in [0.5, 0.6) is 11.5 Å². The van der Waals surface area contributed by atoms with Gasteiger partial charge in [0.2, 0.25) is 0 Å². The van der Waals surface area contributed by atoms with E-state index in [1.54, 1.807) is 14.2 Å². The van der Waals surface area contributed by atoms with Gasteiger partial charge in [0.05, 0.1) is 20.3 Å². The largest absolute Gasteiger partial charge is 0.493 e. The quantitative estimate of drug-likeness (QED) is 0.829. The van der Waals surface area contributed by atoms with Crippen LogP contribution in [0.1, 0.15) is 17.5 Å². The molecule has 1 N–H and O–H groups in total. The normalized spacial score (nSPS) is 18.6. The monoisotopic (exact) mass is 253 g/mol. The first-order chi connectivity index (χ1) is 8.65. The maximum atomic E-state index is 9.10. The number of hydrogen-bond donors (Lipinski definition) is 1. The topological polar surface area (TPSA) is 51.2 Å². The second-order valence-corrected chi connectivity index (χ2v) is 4.37. The molecule has 0 saturated heterocycles. The molecule has 1 aliphatic carbocycles. The van der Waals surface area contributed by atoms with Crippen LogP contribution >= 0.6 is 0 Å². The van der Waals surface area contributed by atoms with Gasteiger partial charge in [-0.15, -0.1) is 0 Å². The number of rotatable bonds is 4. The van der Waals surface area contributed by atoms with Crippen molar-refractivity contribution in [1.82, 2.24) is 5.23 Å². The molecule has 0 radical (unpaired) electrons. The second kappa shape index (κ2) is 5.56. The molecule has 0 bridgehead atoms. The van der Waals surface area contributed by atoms with Crippen LogP contribution in [0.15, 0.2) is 12.1 Å². The van der Waals surface area contributed by atoms with Gasteiger partial charge in [-0.3, -0.25) is 10.0 Å². The van der Waals surface area contributed by atoms with Gasteiger partial charge in [0.25, 0.3) is 0 Å². The Bertz CT molecular complexity index is 420. The molecule has 0 aliphatic heterocycles. The van der Waals surface area contributed by atoms with E-state index < -0.39 is 0 Å². The summed E-state index contributed by atoms with van der Waals surface area (Å²) < 4.78 is 10.7. The summed E-state index contributed by atoms with van der Waals surface area (Å²) >= 11 is 0. The Kier molecular flexibility index (Phi) is 4.06. The van der Waals surface area contributed by atoms with Crippen LogP contribution in [0, 0.1) is 0 Å². The lowest BCUT2D eigenvalue weighted by molar-refractivity contribution is -0.346. The van der Waals surface area contributed by atoms with Gasteiger partial charge < -0.3 is 9.47 Å². The van der Waals surface area contributed by atoms with Gasteiger partial charge in [-0.05, 0) is 24.5 Å². The smallest absolute Gasteiger partial charge is 0.164 e. The molecule has 5 nitrogen and oxygen atoms in total. The zero-order valence-electron chi connectivity index (χ0n) is 11.0. The molecular weight excluding hydrogens is 234 g/mol. The maximum Gasteiger partial charge on any atom is 0.164 e. The van der Waals surface area contributed by atoms with Gasteiger partial charge >= 0.3 is 0 Å². The molecule has 1 aromatic rings. The lowest BCUT2D eigenvalue weighted by Crippen LogP contribution is -2.29. The summed E-state index contributed by atoms with van der Waals surface area (Å²) in [6.07, 6.45) is 2.47. The fourth-order valence-electron chi connectivity index (χ4n) is 2.46. The number of nitrogens with zero attached hydrogens (tertiary/aromatic N) is 1. The minimum absolute atomic E-state index is 0.00519. The highest BCUT2D eigenvalue weighted by molar-refractivity contribution is 5.52. The van der Waals surface area contributed by atoms with Crippen molar-refractivity contribution < 1.29 is 19.5 Å². The first kappa shape index (κ1) is 13.1. The lowest BCUT2D eigenvalue weighted by atomic mass is 9.89. The number of methoxy groups -OCH3 is 2. The molecule has 18 heavy (non-hydrogen) atoms. The maximum absolute atomic E-state index is 9.10. The summed E-state index contributed by atoms with van der Waals surface area (Å²) in [5, 5.41) is 9.88. The average molecular weight is 253 g/mol. The van der Waals surface area contributed by atoms with E-state index in [0.29, 0.717) is 0 Å². The van der Waals surface area contributed by atoms with Gasteiger partial charge in [0.15, 0.2) is 11.5 Å². The summed E-state index contributed by atoms with van der Waals surface area (Å²) in [4.78, 5) is 5.29. The summed E-state index contributed by atoms with van der Waals surface area (Å²) in [5.41, 5.74) is 2.36. The fraction of sp³-hybridized carbons (Fsp3) is 0.538. The Hall–Kier alpha value is -1.30. The third-order valence-electron chi connectivity index (χ3n) is 3.21. The van der Waals surface area contributed by atoms with Gasteiger partial charge in [-0.2, -0.15) is 0 Å². The Labute approximate surface area is 107 Å². The lowest BCUT2D eigenvalue weighted by Gasteiger charge is -2.27. The number of hydroxylamine groups is 2. The highest BCUT2D eigenvalue weighted by atomic mass is 16.9. The van der Waals surface area contributed by atoms with E-state index in [1.807, 2.05) is 12.1 Å². The summed E-state index contributed by atoms with van der Waals surface area (Å²) in [5.74, 6) is 1.57. The summed E-state index contributed by atoms with van der Waals surface area (Å²) in [6.45, 7) is 0. The van der Waals surface area contributed by atoms with Gasteiger partial charge in [-0.1, -0.05) is 11.3 Å². The molecule has 1 unspecified atom stereocenters. The van der Waals surface area contributed by atoms with Crippen molar-refractivity contribution in [2.45, 2.75) is 25.4 Å². The molecule has 0 saturated carbocycles. The van der Waals surface area contributed by atoms with Crippen molar-refractivity contribution in [3.8, 4) is 11.5 Å². The summed E-state index contributed by atoms with van der Waals surface area (Å²) in [6, 6.07) is 3.94. The van der Waals surface area contributed by atoms with E-state index in [2.05, 4.69) is 0 Å². The van der Waals surface area contributed by atoms with Gasteiger partial charge in [-0.25, -0.2) is 0 Å². The molecule has 0 heterocycles. The van der Waals surface area contributed by atoms with E-state index in [4.69, 9.17) is 19.5 Å². The molecule has 1 atom stereocenters. The predicted molar refractivity (Wildman–Crippen MR) is 66.0 cm³/mol. The highest BCUT2D eigenvalue weighted by Crippen LogP contribution is 2.37. The van der Waals surface area contributed by atoms with E-state index in [-0.39, 0.29) is 6.10 Å². The average Bonchev–Trinajstić information content (AvgIpc) is 2.36. The molecule has 0 spiro atoms. The molecule has 100 valence electrons. The third-order valence-corrected chi connectivity index (χ3v) is 3.21. The third kappa shape index (κ3) is 2.58. The van der Waals surface area contributed by atoms with Crippen LogP contribution in [0.4, 0.5) is 0 Å². The van der Waals surface area contributed by atoms with Crippen molar-refractivity contribution in [2.24, 2.45) is 0 Å². The Morgan fingerprint density at radius 1 is 1.28 bits per heavy atom. The fourth-order valence-corrected chi connectivity index (χ4v) is 2.46. The molecule has 0 fully saturated rings. The molecule has 1 aliphatic rings. The number of ether oxygens (including phenoxy) is 2. The van der Waals surface area contributed by atoms with Crippen molar-refractivity contribution in [2.75, 3.05) is 21.3 Å². The predicted octanol–water partition coefficient (Wildman–Crippen LogP) is 1.81. The highest BCUT2D eigenvalue weighted by Gasteiger charge is 2.24. The first-order valence-electron chi connectivity index (χ1n) is 5.97. The van der Waals surface area contributed by atoms with E-state index >= 15 is 0 Å². The first-order valence-corrected chi connectivity index (χ1v) is 5.97. The molecule has 2 rings (SSSR count). The number of benzene rings is 1. The molecule has 0 amide bonds. The van der Waals surface area contributed by atoms with Crippen molar-refractivity contribution >= 4 is 0 Å². The Morgan fingerprint density at radius 3 is 2.67 bits per heavy atom. The standard InChI is InChI=1S/C13H19NO4/c1-14(15)18-10-5-6-11-9(8-10)4-7-12(16-2)13(11)17-3/h4,7,10,15H,5-6,8H2,1-3H3. The van der Waals surface area contributed by atoms with Gasteiger partial charge in [0, 0.05) is 19.0 Å². The van der Waals surface area contributed by atoms with E-state index in [1.165, 1.54) is 18.2 Å². The van der Waals surface area contributed by atoms with Crippen molar-refractivity contribution in [1.29, 1.82) is 0 Å². The molecule has 0 aromatic heterocycles. The minimum Gasteiger partial charge on any atom is -0.493 e. The zero-order chi connectivity index (χ0) is 13.1. The van der Waals surface area contributed by atoms with Crippen LogP contribution in [0.2, 0.25) is 0 Å². The van der Waals surface area contributed by atoms with Crippen LogP contribution in [-0.2, 0) is 17.7 Å². The molecule has 5 heteroatoms. The Morgan fingerprint density at radius 2 is 2.06 bits per heavy atom. The number of fused-ring (bicyclic) bond motifs is 1. The molecular formula is C13H19NO4. The van der Waals surface area contributed by atoms with Gasteiger partial charge in [0.1, 0.15) is 0 Å². The van der Waals surface area contributed by atoms with Crippen molar-refractivity contribution in [3.63, 3.8) is 0 Å². The van der Waals surface area contributed by atoms with Crippen LogP contribution in [-0.4, -0.2) is 37.8 Å². The van der Waals surface area contributed by atoms with Crippen LogP contribution < -0.4 is 9.47 Å². The van der Waals surface area contributed by atoms with E-state index in [9.17, 15) is 0 Å². The Balaban J connectivity index is 2.24. The minimum atomic E-state index is 0.00519. The van der Waals surface area contributed by atoms with Crippen LogP contribution in [0.25, 0.3) is 0 Å². The van der Waals surface area contributed by atoms with Crippen molar-refractivity contribution in [3.05, 3.63) is 23.3 Å². The SMILES string of the molecule is COc1ccc2c(c1OC)CCC(ON(C)O)C2. The van der Waals surface area contributed by atoms with E-state index in [0.717, 1.165) is 36.0 Å². The zero-order valence-corrected chi connectivity index (χ0v) is 11.0.